The molecule has 0 fully saturated rings. The van der Waals surface area contributed by atoms with Crippen molar-refractivity contribution in [3.05, 3.63) is 78.6 Å². The zero-order valence-corrected chi connectivity index (χ0v) is 28.0. The molecule has 1 atom stereocenters. The van der Waals surface area contributed by atoms with Crippen molar-refractivity contribution in [1.82, 2.24) is 0 Å². The molecule has 3 aromatic carbocycles. The molecule has 0 radical (unpaired) electrons. The number of aliphatic hydroxyl groups is 1. The van der Waals surface area contributed by atoms with Crippen LogP contribution in [-0.2, 0) is 40.0 Å². The number of aliphatic hydroxyl groups excluding tert-OH is 1. The molecule has 3 aromatic rings. The lowest BCUT2D eigenvalue weighted by molar-refractivity contribution is -0.248. The summed E-state index contributed by atoms with van der Waals surface area (Å²) in [4.78, 5) is 3.23. The fourth-order valence-corrected chi connectivity index (χ4v) is 6.02. The number of ether oxygens (including phenoxy) is 6. The SMILES string of the molecule is COCCOCCOc1ccc([S+](c2ccc(F)cc2)c2ccc(OCCOCCOC)cc2)cc1.O=S(=O)([O-])C(F)(F)C(O)C(F)(F)F. The molecule has 0 aliphatic carbocycles. The molecule has 0 aliphatic rings. The zero-order valence-electron chi connectivity index (χ0n) is 26.4. The maximum Gasteiger partial charge on any atom is 0.421 e. The van der Waals surface area contributed by atoms with Gasteiger partial charge in [0.25, 0.3) is 0 Å². The number of alkyl halides is 5. The summed E-state index contributed by atoms with van der Waals surface area (Å²) in [6.07, 6.45) is -10.4. The normalized spacial score (nSPS) is 12.7. The molecule has 0 aromatic heterocycles. The van der Waals surface area contributed by atoms with E-state index >= 15 is 0 Å². The molecule has 274 valence electrons. The molecule has 0 amide bonds. The van der Waals surface area contributed by atoms with Gasteiger partial charge in [0.15, 0.2) is 24.8 Å². The Labute approximate surface area is 282 Å². The molecule has 0 bridgehead atoms. The third-order valence-corrected chi connectivity index (χ3v) is 9.11. The van der Waals surface area contributed by atoms with Gasteiger partial charge in [-0.2, -0.15) is 22.0 Å². The predicted molar refractivity (Wildman–Crippen MR) is 165 cm³/mol. The molecule has 1 unspecified atom stereocenters. The van der Waals surface area contributed by atoms with Crippen LogP contribution in [0.4, 0.5) is 26.3 Å². The smallest absolute Gasteiger partial charge is 0.421 e. The van der Waals surface area contributed by atoms with Crippen LogP contribution in [0.2, 0.25) is 0 Å². The molecular weight excluding hydrogens is 710 g/mol. The second-order valence-electron chi connectivity index (χ2n) is 9.57. The summed E-state index contributed by atoms with van der Waals surface area (Å²) in [6.45, 7) is 4.15. The minimum absolute atomic E-state index is 0.254. The number of halogens is 6. The van der Waals surface area contributed by atoms with E-state index in [-0.39, 0.29) is 5.82 Å². The van der Waals surface area contributed by atoms with Crippen LogP contribution in [0.15, 0.2) is 87.5 Å². The first-order chi connectivity index (χ1) is 23.1. The molecule has 0 saturated heterocycles. The maximum atomic E-state index is 13.6. The molecule has 0 heterocycles. The van der Waals surface area contributed by atoms with E-state index in [1.165, 1.54) is 12.1 Å². The van der Waals surface area contributed by atoms with Gasteiger partial charge in [-0.15, -0.1) is 0 Å². The summed E-state index contributed by atoms with van der Waals surface area (Å²) >= 11 is 0. The predicted octanol–water partition coefficient (Wildman–Crippen LogP) is 5.05. The van der Waals surface area contributed by atoms with Crippen molar-refractivity contribution < 1.29 is 72.8 Å². The number of methoxy groups -OCH3 is 2. The van der Waals surface area contributed by atoms with Gasteiger partial charge in [-0.3, -0.25) is 0 Å². The van der Waals surface area contributed by atoms with Crippen molar-refractivity contribution >= 4 is 21.0 Å². The average molecular weight is 747 g/mol. The molecule has 49 heavy (non-hydrogen) atoms. The van der Waals surface area contributed by atoms with E-state index in [4.69, 9.17) is 33.5 Å². The van der Waals surface area contributed by atoms with Gasteiger partial charge in [0.05, 0.1) is 50.5 Å². The van der Waals surface area contributed by atoms with Gasteiger partial charge in [0.1, 0.15) is 30.5 Å². The highest BCUT2D eigenvalue weighted by Gasteiger charge is 2.59. The van der Waals surface area contributed by atoms with Gasteiger partial charge in [-0.05, 0) is 72.8 Å². The average Bonchev–Trinajstić information content (AvgIpc) is 3.05. The van der Waals surface area contributed by atoms with E-state index in [1.807, 2.05) is 36.4 Å². The van der Waals surface area contributed by atoms with Crippen molar-refractivity contribution in [1.29, 1.82) is 0 Å². The summed E-state index contributed by atoms with van der Waals surface area (Å²) in [6, 6.07) is 22.7. The van der Waals surface area contributed by atoms with Crippen LogP contribution in [0.1, 0.15) is 0 Å². The summed E-state index contributed by atoms with van der Waals surface area (Å²) < 4.78 is 133. The van der Waals surface area contributed by atoms with Crippen LogP contribution in [0, 0.1) is 5.82 Å². The Hall–Kier alpha value is -3.10. The highest BCUT2D eigenvalue weighted by atomic mass is 32.2. The molecule has 18 heteroatoms. The molecular formula is C31H36F6O10S2. The van der Waals surface area contributed by atoms with E-state index in [1.54, 1.807) is 14.2 Å². The van der Waals surface area contributed by atoms with Crippen molar-refractivity contribution in [2.24, 2.45) is 0 Å². The Morgan fingerprint density at radius 1 is 0.653 bits per heavy atom. The highest BCUT2D eigenvalue weighted by molar-refractivity contribution is 7.97. The van der Waals surface area contributed by atoms with E-state index in [0.29, 0.717) is 52.9 Å². The number of benzene rings is 3. The summed E-state index contributed by atoms with van der Waals surface area (Å²) in [5.41, 5.74) is 0. The molecule has 10 nitrogen and oxygen atoms in total. The van der Waals surface area contributed by atoms with Crippen molar-refractivity contribution in [2.75, 3.05) is 67.1 Å². The fourth-order valence-electron chi connectivity index (χ4n) is 3.58. The Kier molecular flexibility index (Phi) is 17.6. The third kappa shape index (κ3) is 14.3. The highest BCUT2D eigenvalue weighted by Crippen LogP contribution is 2.35. The number of rotatable bonds is 19. The van der Waals surface area contributed by atoms with E-state index in [0.717, 1.165) is 26.2 Å². The fraction of sp³-hybridized carbons (Fsp3) is 0.419. The molecule has 0 aliphatic heterocycles. The molecule has 1 N–H and O–H groups in total. The van der Waals surface area contributed by atoms with Gasteiger partial charge in [-0.25, -0.2) is 12.8 Å². The monoisotopic (exact) mass is 746 g/mol. The van der Waals surface area contributed by atoms with Gasteiger partial charge in [0.2, 0.25) is 6.10 Å². The van der Waals surface area contributed by atoms with Gasteiger partial charge < -0.3 is 38.1 Å². The lowest BCUT2D eigenvalue weighted by atomic mass is 10.3. The van der Waals surface area contributed by atoms with Gasteiger partial charge in [-0.1, -0.05) is 0 Å². The van der Waals surface area contributed by atoms with Crippen LogP contribution in [0.5, 0.6) is 11.5 Å². The van der Waals surface area contributed by atoms with Crippen LogP contribution < -0.4 is 9.47 Å². The second-order valence-corrected chi connectivity index (χ2v) is 13.0. The van der Waals surface area contributed by atoms with E-state index in [9.17, 15) is 39.3 Å². The van der Waals surface area contributed by atoms with Crippen LogP contribution in [0.25, 0.3) is 0 Å². The van der Waals surface area contributed by atoms with E-state index in [2.05, 4.69) is 24.3 Å². The summed E-state index contributed by atoms with van der Waals surface area (Å²) in [5.74, 6) is 1.29. The standard InChI is InChI=1S/C28H34FO6S.C3H3F5O4S/c1-30-15-17-32-19-21-34-24-5-11-27(12-6-24)36(26-9-3-23(29)4-10-26)28-13-7-25(8-14-28)35-22-20-33-18-16-31-2;4-2(5,6)1(9)3(7,8)13(10,11)12/h3-14H,15-22H2,1-2H3;1,9H,(H,10,11,12)/q+1;/p-1. The first kappa shape index (κ1) is 42.1. The topological polar surface area (TPSA) is 133 Å². The van der Waals surface area contributed by atoms with Crippen LogP contribution in [-0.4, -0.2) is 103 Å². The van der Waals surface area contributed by atoms with Gasteiger partial charge in [0, 0.05) is 14.2 Å². The number of hydrogen-bond acceptors (Lipinski definition) is 10. The third-order valence-electron chi connectivity index (χ3n) is 5.99. The van der Waals surface area contributed by atoms with Crippen molar-refractivity contribution in [3.8, 4) is 11.5 Å². The lowest BCUT2D eigenvalue weighted by Crippen LogP contribution is -2.49. The maximum absolute atomic E-state index is 13.6. The Balaban J connectivity index is 0.000000543. The minimum Gasteiger partial charge on any atom is -0.743 e. The Bertz CT molecular complexity index is 1400. The zero-order chi connectivity index (χ0) is 36.5. The summed E-state index contributed by atoms with van der Waals surface area (Å²) in [5, 5.41) is 2.02. The summed E-state index contributed by atoms with van der Waals surface area (Å²) in [7, 11) is -3.67. The van der Waals surface area contributed by atoms with Gasteiger partial charge >= 0.3 is 11.4 Å². The Morgan fingerprint density at radius 2 is 1.00 bits per heavy atom. The largest absolute Gasteiger partial charge is 0.743 e. The second kappa shape index (κ2) is 20.5. The number of hydrogen-bond donors (Lipinski definition) is 1. The van der Waals surface area contributed by atoms with Crippen molar-refractivity contribution in [2.45, 2.75) is 32.2 Å². The minimum atomic E-state index is -6.54. The van der Waals surface area contributed by atoms with Crippen molar-refractivity contribution in [3.63, 3.8) is 0 Å². The molecule has 0 saturated carbocycles. The lowest BCUT2D eigenvalue weighted by Gasteiger charge is -2.26. The molecule has 0 spiro atoms. The quantitative estimate of drug-likeness (QED) is 0.0770. The van der Waals surface area contributed by atoms with Crippen LogP contribution >= 0.6 is 0 Å². The first-order valence-electron chi connectivity index (χ1n) is 14.3. The van der Waals surface area contributed by atoms with E-state index < -0.39 is 38.5 Å². The van der Waals surface area contributed by atoms with Crippen LogP contribution in [0.3, 0.4) is 0 Å². The molecule has 3 rings (SSSR count). The first-order valence-corrected chi connectivity index (χ1v) is 16.9. The Morgan fingerprint density at radius 3 is 1.31 bits per heavy atom.